The normalized spacial score (nSPS) is 8.92. The molecular formula is C6H10BrN3O3. The molecule has 0 heterocycles. The van der Waals surface area contributed by atoms with E-state index in [9.17, 15) is 9.59 Å². The number of nitrogens with zero attached hydrogens (tertiary/aromatic N) is 3. The average Bonchev–Trinajstić information content (AvgIpc) is 2.14. The lowest BCUT2D eigenvalue weighted by Crippen LogP contribution is -1.72. The van der Waals surface area contributed by atoms with Crippen molar-refractivity contribution in [2.75, 3.05) is 11.9 Å². The number of hydrogen-bond donors (Lipinski definition) is 0. The fourth-order valence-electron chi connectivity index (χ4n) is 0.0605. The van der Waals surface area contributed by atoms with E-state index in [1.807, 2.05) is 0 Å². The number of halogens is 1. The lowest BCUT2D eigenvalue weighted by molar-refractivity contribution is -0.107. The Labute approximate surface area is 88.3 Å². The molecule has 0 bridgehead atoms. The Hall–Kier alpha value is -1.20. The topological polar surface area (TPSA) is 100.0 Å². The predicted octanol–water partition coefficient (Wildman–Crippen LogP) is 1.28. The molecule has 0 aromatic rings. The van der Waals surface area contributed by atoms with Crippen LogP contribution in [0.4, 0.5) is 0 Å². The summed E-state index contributed by atoms with van der Waals surface area (Å²) in [5.41, 5.74) is 7.54. The average molecular weight is 255 g/mol. The smallest absolute Gasteiger partial charge is 0.130 e. The highest BCUT2D eigenvalue weighted by molar-refractivity contribution is 9.09. The second-order valence-corrected chi connectivity index (χ2v) is 1.58. The van der Waals surface area contributed by atoms with E-state index in [1.54, 1.807) is 0 Å². The Balaban J connectivity index is -0.000000166. The van der Waals surface area contributed by atoms with Crippen molar-refractivity contribution >= 4 is 34.7 Å². The summed E-state index contributed by atoms with van der Waals surface area (Å²) in [6, 6.07) is 0. The molecule has 6 nitrogen and oxygen atoms in total. The van der Waals surface area contributed by atoms with Crippen LogP contribution in [0.5, 0.6) is 0 Å². The zero-order valence-corrected chi connectivity index (χ0v) is 8.44. The molecule has 0 aromatic carbocycles. The maximum absolute atomic E-state index is 9.60. The summed E-state index contributed by atoms with van der Waals surface area (Å²) in [7, 11) is 0. The molecule has 0 aliphatic carbocycles. The van der Waals surface area contributed by atoms with Gasteiger partial charge in [-0.2, -0.15) is 0 Å². The summed E-state index contributed by atoms with van der Waals surface area (Å²) >= 11 is 2.78. The van der Waals surface area contributed by atoms with Crippen molar-refractivity contribution < 1.29 is 18.5 Å². The molecule has 0 aromatic heterocycles. The van der Waals surface area contributed by atoms with Crippen LogP contribution in [0.3, 0.4) is 0 Å². The van der Waals surface area contributed by atoms with Crippen molar-refractivity contribution in [1.29, 1.82) is 0 Å². The van der Waals surface area contributed by atoms with Gasteiger partial charge in [0.25, 0.3) is 0 Å². The predicted molar refractivity (Wildman–Crippen MR) is 51.7 cm³/mol. The van der Waals surface area contributed by atoms with Crippen molar-refractivity contribution in [3.05, 3.63) is 10.4 Å². The number of carbonyl (C=O) groups excluding carboxylic acids is 3. The Bertz CT molecular complexity index is 277. The summed E-state index contributed by atoms with van der Waals surface area (Å²) in [4.78, 5) is 30.4. The van der Waals surface area contributed by atoms with Crippen LogP contribution in [0, 0.1) is 0 Å². The van der Waals surface area contributed by atoms with Crippen LogP contribution in [0.25, 0.3) is 10.4 Å². The van der Waals surface area contributed by atoms with Gasteiger partial charge < -0.3 is 14.4 Å². The minimum atomic E-state index is -0.863. The highest BCUT2D eigenvalue weighted by Gasteiger charge is 1.63. The number of hydrogen-bond acceptors (Lipinski definition) is 4. The molecule has 0 unspecified atom stereocenters. The molecule has 0 rings (SSSR count). The molecule has 0 atom stereocenters. The van der Waals surface area contributed by atoms with Gasteiger partial charge in [-0.3, -0.25) is 0 Å². The highest BCUT2D eigenvalue weighted by atomic mass is 79.9. The van der Waals surface area contributed by atoms with Crippen LogP contribution in [0.1, 0.15) is 11.0 Å². The van der Waals surface area contributed by atoms with E-state index in [0.29, 0.717) is 0 Å². The van der Waals surface area contributed by atoms with Crippen LogP contribution in [-0.4, -0.2) is 30.7 Å². The SMILES string of the molecule is [2H]C(=O)CBr.[2H]C(=O)CN=[N+]=[N-].[2H]C(C)=O. The third-order valence-electron chi connectivity index (χ3n) is 0.253. The van der Waals surface area contributed by atoms with Gasteiger partial charge in [0.1, 0.15) is 22.9 Å². The van der Waals surface area contributed by atoms with E-state index in [4.69, 9.17) is 14.4 Å². The zero-order chi connectivity index (χ0) is 13.6. The molecule has 0 radical (unpaired) electrons. The summed E-state index contributed by atoms with van der Waals surface area (Å²) in [6.07, 6.45) is -2.03. The number of carbonyl (C=O) groups is 3. The largest absolute Gasteiger partial charge is 0.304 e. The summed E-state index contributed by atoms with van der Waals surface area (Å²) in [6.45, 7) is 0.830. The van der Waals surface area contributed by atoms with E-state index in [-0.39, 0.29) is 11.9 Å². The van der Waals surface area contributed by atoms with Crippen LogP contribution >= 0.6 is 15.9 Å². The first-order chi connectivity index (χ1) is 7.27. The van der Waals surface area contributed by atoms with Crippen molar-refractivity contribution in [2.45, 2.75) is 6.92 Å². The molecule has 0 saturated carbocycles. The summed E-state index contributed by atoms with van der Waals surface area (Å²) < 4.78 is 18.3. The Kier molecular flexibility index (Phi) is 23.4. The minimum absolute atomic E-state index is 0.146. The number of aldehydes is 3. The highest BCUT2D eigenvalue weighted by Crippen LogP contribution is 1.65. The first kappa shape index (κ1) is 9.88. The lowest BCUT2D eigenvalue weighted by atomic mass is 10.8. The summed E-state index contributed by atoms with van der Waals surface area (Å²) in [5.74, 6) is 0. The fraction of sp³-hybridized carbons (Fsp3) is 0.500. The maximum atomic E-state index is 9.60. The summed E-state index contributed by atoms with van der Waals surface area (Å²) in [5, 5.41) is 2.96. The fourth-order valence-corrected chi connectivity index (χ4v) is 0.0605. The molecule has 0 fully saturated rings. The molecular weight excluding hydrogens is 242 g/mol. The van der Waals surface area contributed by atoms with Crippen LogP contribution in [0.2, 0.25) is 0 Å². The van der Waals surface area contributed by atoms with Crippen molar-refractivity contribution in [1.82, 2.24) is 0 Å². The Morgan fingerprint density at radius 2 is 1.92 bits per heavy atom. The second-order valence-electron chi connectivity index (χ2n) is 1.02. The van der Waals surface area contributed by atoms with Crippen LogP contribution < -0.4 is 0 Å². The lowest BCUT2D eigenvalue weighted by Gasteiger charge is -1.58. The van der Waals surface area contributed by atoms with Gasteiger partial charge in [0.2, 0.25) is 0 Å². The molecule has 0 spiro atoms. The van der Waals surface area contributed by atoms with Crippen LogP contribution in [-0.2, 0) is 14.4 Å². The third-order valence-corrected chi connectivity index (χ3v) is 0.482. The van der Waals surface area contributed by atoms with Crippen LogP contribution in [0.15, 0.2) is 5.11 Å². The van der Waals surface area contributed by atoms with Crippen molar-refractivity contribution in [2.24, 2.45) is 5.11 Å². The van der Waals surface area contributed by atoms with Gasteiger partial charge in [0, 0.05) is 4.91 Å². The van der Waals surface area contributed by atoms with Crippen molar-refractivity contribution in [3.8, 4) is 0 Å². The monoisotopic (exact) mass is 254 g/mol. The first-order valence-corrected chi connectivity index (χ1v) is 3.92. The van der Waals surface area contributed by atoms with Gasteiger partial charge in [0.05, 0.1) is 11.9 Å². The number of rotatable bonds is 3. The molecule has 7 heteroatoms. The van der Waals surface area contributed by atoms with Gasteiger partial charge >= 0.3 is 0 Å². The van der Waals surface area contributed by atoms with E-state index in [1.165, 1.54) is 6.92 Å². The molecule has 13 heavy (non-hydrogen) atoms. The molecule has 0 amide bonds. The zero-order valence-electron chi connectivity index (χ0n) is 9.86. The molecule has 0 N–H and O–H groups in total. The maximum Gasteiger partial charge on any atom is 0.130 e. The third kappa shape index (κ3) is 107. The number of azide groups is 1. The van der Waals surface area contributed by atoms with Gasteiger partial charge in [-0.1, -0.05) is 21.0 Å². The van der Waals surface area contributed by atoms with Crippen molar-refractivity contribution in [3.63, 3.8) is 0 Å². The standard InChI is InChI=1S/C2H3BrO.C2H3N3O.C2H4O/c3-1-2-4;3-5-4-1-2-6;1-2-3/h2H,1H2;2H,1H2;2H,1H3/i3*2D. The Morgan fingerprint density at radius 3 is 2.00 bits per heavy atom. The van der Waals surface area contributed by atoms with Gasteiger partial charge in [-0.25, -0.2) is 0 Å². The van der Waals surface area contributed by atoms with E-state index < -0.39 is 18.8 Å². The molecule has 0 aliphatic heterocycles. The Morgan fingerprint density at radius 1 is 1.54 bits per heavy atom. The van der Waals surface area contributed by atoms with E-state index >= 15 is 0 Å². The van der Waals surface area contributed by atoms with Gasteiger partial charge in [-0.05, 0) is 12.5 Å². The van der Waals surface area contributed by atoms with E-state index in [0.717, 1.165) is 0 Å². The van der Waals surface area contributed by atoms with Gasteiger partial charge in [-0.15, -0.1) is 0 Å². The molecule has 0 saturated heterocycles. The first-order valence-electron chi connectivity index (χ1n) is 4.30. The molecule has 0 aliphatic rings. The van der Waals surface area contributed by atoms with E-state index in [2.05, 4.69) is 26.0 Å². The number of alkyl halides is 1. The minimum Gasteiger partial charge on any atom is -0.304 e. The van der Waals surface area contributed by atoms with Gasteiger partial charge in [0.15, 0.2) is 0 Å². The second kappa shape index (κ2) is 30.8. The quantitative estimate of drug-likeness (QED) is 0.249. The molecule has 74 valence electrons.